The van der Waals surface area contributed by atoms with E-state index < -0.39 is 29.5 Å². The first-order valence-corrected chi connectivity index (χ1v) is 13.3. The van der Waals surface area contributed by atoms with E-state index >= 15 is 0 Å². The Balaban J connectivity index is 1.39. The van der Waals surface area contributed by atoms with Crippen LogP contribution in [0, 0.1) is 18.6 Å². The Kier molecular flexibility index (Phi) is 6.75. The predicted molar refractivity (Wildman–Crippen MR) is 149 cm³/mol. The quantitative estimate of drug-likeness (QED) is 0.197. The fourth-order valence-electron chi connectivity index (χ4n) is 5.32. The average molecular weight is 573 g/mol. The number of imide groups is 1. The summed E-state index contributed by atoms with van der Waals surface area (Å²) in [5, 5.41) is 4.87. The number of carbonyl (C=O) groups excluding carboxylic acids is 2. The van der Waals surface area contributed by atoms with Gasteiger partial charge in [0.2, 0.25) is 0 Å². The summed E-state index contributed by atoms with van der Waals surface area (Å²) in [6.07, 6.45) is 2.73. The van der Waals surface area contributed by atoms with E-state index in [1.54, 1.807) is 42.5 Å². The first-order chi connectivity index (χ1) is 19.8. The van der Waals surface area contributed by atoms with Gasteiger partial charge in [0.1, 0.15) is 23.7 Å². The number of carbonyl (C=O) groups is 2. The largest absolute Gasteiger partial charge is 0.487 e. The van der Waals surface area contributed by atoms with Crippen molar-refractivity contribution in [1.29, 1.82) is 0 Å². The number of benzene rings is 3. The summed E-state index contributed by atoms with van der Waals surface area (Å²) < 4.78 is 36.1. The van der Waals surface area contributed by atoms with Crippen molar-refractivity contribution < 1.29 is 23.1 Å². The Labute approximate surface area is 238 Å². The molecule has 3 aromatic carbocycles. The molecule has 41 heavy (non-hydrogen) atoms. The SMILES string of the molecule is CCC(c1cc(F)cc(Cl)c1COc1cccc2c(-n3cc(F)cn3)cc(C)nc12)N1C(=O)c2ccccc2C1=O. The summed E-state index contributed by atoms with van der Waals surface area (Å²) in [5.74, 6) is -1.54. The molecule has 0 aliphatic carbocycles. The molecule has 10 heteroatoms. The van der Waals surface area contributed by atoms with Crippen LogP contribution in [-0.2, 0) is 6.61 Å². The molecule has 2 aromatic heterocycles. The number of aryl methyl sites for hydroxylation is 1. The molecule has 0 N–H and O–H groups in total. The molecule has 0 radical (unpaired) electrons. The maximum atomic E-state index is 14.7. The van der Waals surface area contributed by atoms with Gasteiger partial charge in [-0.25, -0.2) is 18.4 Å². The lowest BCUT2D eigenvalue weighted by atomic mass is 9.97. The Hall–Kier alpha value is -4.63. The molecular formula is C31H23ClF2N4O3. The first kappa shape index (κ1) is 26.6. The van der Waals surface area contributed by atoms with E-state index in [9.17, 15) is 18.4 Å². The van der Waals surface area contributed by atoms with Crippen molar-refractivity contribution in [3.8, 4) is 11.4 Å². The fraction of sp³-hybridized carbons (Fsp3) is 0.161. The van der Waals surface area contributed by atoms with Gasteiger partial charge in [0.15, 0.2) is 5.82 Å². The summed E-state index contributed by atoms with van der Waals surface area (Å²) in [4.78, 5) is 32.4. The van der Waals surface area contributed by atoms with E-state index in [1.807, 2.05) is 19.9 Å². The van der Waals surface area contributed by atoms with Gasteiger partial charge in [-0.2, -0.15) is 5.10 Å². The Morgan fingerprint density at radius 1 is 0.976 bits per heavy atom. The van der Waals surface area contributed by atoms with Crippen LogP contribution in [0.25, 0.3) is 16.6 Å². The second-order valence-electron chi connectivity index (χ2n) is 9.73. The Bertz CT molecular complexity index is 1820. The molecule has 0 saturated heterocycles. The number of ether oxygens (including phenoxy) is 1. The van der Waals surface area contributed by atoms with Crippen LogP contribution < -0.4 is 4.74 Å². The van der Waals surface area contributed by atoms with Gasteiger partial charge in [-0.3, -0.25) is 14.5 Å². The Morgan fingerprint density at radius 2 is 1.71 bits per heavy atom. The van der Waals surface area contributed by atoms with E-state index in [2.05, 4.69) is 10.1 Å². The highest BCUT2D eigenvalue weighted by molar-refractivity contribution is 6.31. The maximum Gasteiger partial charge on any atom is 0.262 e. The zero-order valence-corrected chi connectivity index (χ0v) is 22.8. The van der Waals surface area contributed by atoms with Crippen molar-refractivity contribution in [2.24, 2.45) is 0 Å². The second-order valence-corrected chi connectivity index (χ2v) is 10.1. The number of para-hydroxylation sites is 1. The van der Waals surface area contributed by atoms with Crippen molar-refractivity contribution in [2.75, 3.05) is 0 Å². The Morgan fingerprint density at radius 3 is 2.37 bits per heavy atom. The normalized spacial score (nSPS) is 13.6. The van der Waals surface area contributed by atoms with E-state index in [4.69, 9.17) is 16.3 Å². The fourth-order valence-corrected chi connectivity index (χ4v) is 5.59. The minimum atomic E-state index is -0.775. The first-order valence-electron chi connectivity index (χ1n) is 12.9. The van der Waals surface area contributed by atoms with Crippen LogP contribution >= 0.6 is 11.6 Å². The molecule has 6 rings (SSSR count). The third kappa shape index (κ3) is 4.62. The van der Waals surface area contributed by atoms with Gasteiger partial charge in [0.05, 0.1) is 40.3 Å². The van der Waals surface area contributed by atoms with Crippen LogP contribution in [0.15, 0.2) is 73.1 Å². The number of halogens is 3. The predicted octanol–water partition coefficient (Wildman–Crippen LogP) is 6.99. The van der Waals surface area contributed by atoms with Crippen molar-refractivity contribution in [2.45, 2.75) is 32.9 Å². The zero-order chi connectivity index (χ0) is 28.8. The highest BCUT2D eigenvalue weighted by Gasteiger charge is 2.40. The molecule has 1 unspecified atom stereocenters. The summed E-state index contributed by atoms with van der Waals surface area (Å²) >= 11 is 6.55. The van der Waals surface area contributed by atoms with Gasteiger partial charge >= 0.3 is 0 Å². The highest BCUT2D eigenvalue weighted by Crippen LogP contribution is 2.38. The van der Waals surface area contributed by atoms with E-state index in [-0.39, 0.29) is 11.6 Å². The molecule has 0 bridgehead atoms. The molecule has 0 fully saturated rings. The molecule has 0 spiro atoms. The second kappa shape index (κ2) is 10.4. The number of hydrogen-bond donors (Lipinski definition) is 0. The summed E-state index contributed by atoms with van der Waals surface area (Å²) in [7, 11) is 0. The van der Waals surface area contributed by atoms with Gasteiger partial charge < -0.3 is 4.74 Å². The lowest BCUT2D eigenvalue weighted by Crippen LogP contribution is -2.34. The summed E-state index contributed by atoms with van der Waals surface area (Å²) in [6, 6.07) is 15.4. The molecule has 3 heterocycles. The monoisotopic (exact) mass is 572 g/mol. The van der Waals surface area contributed by atoms with Gasteiger partial charge in [-0.05, 0) is 55.3 Å². The van der Waals surface area contributed by atoms with E-state index in [0.717, 1.165) is 11.1 Å². The number of rotatable bonds is 7. The van der Waals surface area contributed by atoms with Crippen LogP contribution in [0.1, 0.15) is 56.9 Å². The lowest BCUT2D eigenvalue weighted by molar-refractivity contribution is 0.0576. The standard InChI is InChI=1S/C31H23ClF2N4O3/c1-3-26(38-30(39)20-7-4-5-8-21(20)31(38)40)23-12-18(33)13-25(32)24(23)16-41-28-10-6-9-22-27(11-17(2)36-29(22)28)37-15-19(34)14-35-37/h4-15,26H,3,16H2,1-2H3. The molecule has 1 aliphatic heterocycles. The smallest absolute Gasteiger partial charge is 0.262 e. The molecule has 0 saturated carbocycles. The van der Waals surface area contributed by atoms with Gasteiger partial charge in [-0.1, -0.05) is 42.8 Å². The van der Waals surface area contributed by atoms with E-state index in [0.29, 0.717) is 56.7 Å². The molecule has 206 valence electrons. The third-order valence-corrected chi connectivity index (χ3v) is 7.49. The lowest BCUT2D eigenvalue weighted by Gasteiger charge is -2.28. The summed E-state index contributed by atoms with van der Waals surface area (Å²) in [5.41, 5.74) is 3.24. The molecule has 7 nitrogen and oxygen atoms in total. The average Bonchev–Trinajstić information content (AvgIpc) is 3.49. The van der Waals surface area contributed by atoms with Gasteiger partial charge in [0, 0.05) is 16.6 Å². The van der Waals surface area contributed by atoms with Crippen LogP contribution in [0.3, 0.4) is 0 Å². The number of hydrogen-bond acceptors (Lipinski definition) is 5. The van der Waals surface area contributed by atoms with Crippen LogP contribution in [0.5, 0.6) is 5.75 Å². The van der Waals surface area contributed by atoms with Crippen molar-refractivity contribution in [1.82, 2.24) is 19.7 Å². The van der Waals surface area contributed by atoms with Crippen LogP contribution in [-0.4, -0.2) is 31.5 Å². The number of nitrogens with zero attached hydrogens (tertiary/aromatic N) is 4. The molecule has 2 amide bonds. The molecule has 1 atom stereocenters. The number of fused-ring (bicyclic) bond motifs is 2. The van der Waals surface area contributed by atoms with Crippen molar-refractivity contribution >= 4 is 34.3 Å². The topological polar surface area (TPSA) is 77.3 Å². The number of amides is 2. The highest BCUT2D eigenvalue weighted by atomic mass is 35.5. The maximum absolute atomic E-state index is 14.7. The van der Waals surface area contributed by atoms with Crippen LogP contribution in [0.2, 0.25) is 5.02 Å². The number of aromatic nitrogens is 3. The third-order valence-electron chi connectivity index (χ3n) is 7.16. The molecule has 1 aliphatic rings. The van der Waals surface area contributed by atoms with Gasteiger partial charge in [-0.15, -0.1) is 0 Å². The zero-order valence-electron chi connectivity index (χ0n) is 22.1. The minimum absolute atomic E-state index is 0.0887. The van der Waals surface area contributed by atoms with Gasteiger partial charge in [0.25, 0.3) is 11.8 Å². The van der Waals surface area contributed by atoms with Crippen LogP contribution in [0.4, 0.5) is 8.78 Å². The van der Waals surface area contributed by atoms with Crippen molar-refractivity contribution in [3.63, 3.8) is 0 Å². The summed E-state index contributed by atoms with van der Waals surface area (Å²) in [6.45, 7) is 3.53. The minimum Gasteiger partial charge on any atom is -0.487 e. The molecular weight excluding hydrogens is 550 g/mol. The van der Waals surface area contributed by atoms with Crippen molar-refractivity contribution in [3.05, 3.63) is 118 Å². The number of pyridine rings is 1. The van der Waals surface area contributed by atoms with E-state index in [1.165, 1.54) is 23.0 Å². The molecule has 5 aromatic rings.